The van der Waals surface area contributed by atoms with Crippen LogP contribution in [0.5, 0.6) is 0 Å². The van der Waals surface area contributed by atoms with Crippen molar-refractivity contribution in [3.05, 3.63) is 32.8 Å². The lowest BCUT2D eigenvalue weighted by Crippen LogP contribution is -2.39. The zero-order valence-electron chi connectivity index (χ0n) is 14.8. The highest BCUT2D eigenvalue weighted by Gasteiger charge is 2.25. The van der Waals surface area contributed by atoms with E-state index in [0.29, 0.717) is 17.1 Å². The Morgan fingerprint density at radius 3 is 2.29 bits per heavy atom. The molecule has 6 nitrogen and oxygen atoms in total. The molecule has 7 heteroatoms. The first-order valence-electron chi connectivity index (χ1n) is 7.82. The first kappa shape index (κ1) is 18.2. The number of aromatic nitrogens is 1. The van der Waals surface area contributed by atoms with E-state index >= 15 is 0 Å². The molecule has 0 radical (unpaired) electrons. The molecule has 0 aliphatic rings. The second kappa shape index (κ2) is 7.17. The number of amides is 2. The summed E-state index contributed by atoms with van der Waals surface area (Å²) in [6, 6.07) is 1.86. The minimum Gasteiger partial charge on any atom is -0.359 e. The van der Waals surface area contributed by atoms with E-state index in [1.54, 1.807) is 25.2 Å². The summed E-state index contributed by atoms with van der Waals surface area (Å²) in [4.78, 5) is 26.9. The van der Waals surface area contributed by atoms with Gasteiger partial charge in [0, 0.05) is 9.75 Å². The van der Waals surface area contributed by atoms with Crippen molar-refractivity contribution >= 4 is 28.8 Å². The van der Waals surface area contributed by atoms with E-state index in [9.17, 15) is 9.59 Å². The molecule has 0 aliphatic heterocycles. The molecule has 2 aromatic heterocycles. The van der Waals surface area contributed by atoms with Gasteiger partial charge in [0.15, 0.2) is 5.76 Å². The van der Waals surface area contributed by atoms with Crippen LogP contribution in [0.2, 0.25) is 0 Å². The largest absolute Gasteiger partial charge is 0.359 e. The van der Waals surface area contributed by atoms with Crippen LogP contribution in [-0.4, -0.2) is 17.0 Å². The maximum absolute atomic E-state index is 12.3. The molecule has 1 atom stereocenters. The predicted molar refractivity (Wildman–Crippen MR) is 94.1 cm³/mol. The Balaban J connectivity index is 2.13. The summed E-state index contributed by atoms with van der Waals surface area (Å²) in [7, 11) is 0. The van der Waals surface area contributed by atoms with E-state index in [1.807, 2.05) is 27.7 Å². The molecule has 2 aromatic rings. The third-order valence-electron chi connectivity index (χ3n) is 3.85. The van der Waals surface area contributed by atoms with Gasteiger partial charge in [-0.2, -0.15) is 0 Å². The smallest absolute Gasteiger partial charge is 0.313 e. The van der Waals surface area contributed by atoms with Crippen LogP contribution < -0.4 is 10.6 Å². The number of carbonyl (C=O) groups excluding carboxylic acids is 2. The van der Waals surface area contributed by atoms with Gasteiger partial charge in [0.05, 0.1) is 6.04 Å². The van der Waals surface area contributed by atoms with E-state index < -0.39 is 11.8 Å². The van der Waals surface area contributed by atoms with Gasteiger partial charge in [-0.3, -0.25) is 9.59 Å². The molecule has 0 saturated heterocycles. The van der Waals surface area contributed by atoms with Gasteiger partial charge in [-0.1, -0.05) is 19.0 Å². The summed E-state index contributed by atoms with van der Waals surface area (Å²) in [6.45, 7) is 11.5. The van der Waals surface area contributed by atoms with Crippen LogP contribution in [0, 0.1) is 33.6 Å². The van der Waals surface area contributed by atoms with E-state index in [1.165, 1.54) is 4.88 Å². The zero-order chi connectivity index (χ0) is 18.0. The normalized spacial score (nSPS) is 12.3. The molecule has 2 N–H and O–H groups in total. The zero-order valence-corrected chi connectivity index (χ0v) is 15.6. The minimum absolute atomic E-state index is 0.161. The standard InChI is InChI=1S/C17H23N3O3S/c1-8(2)14(13-7-9(3)24-12(13)6)18-16(21)17(22)19-15-10(4)20-23-11(15)5/h7-8,14H,1-6H3,(H,18,21)(H,19,22)/t14-/m1/s1. The SMILES string of the molecule is Cc1cc([C@H](NC(=O)C(=O)Nc2c(C)noc2C)C(C)C)c(C)s1. The van der Waals surface area contributed by atoms with Crippen molar-refractivity contribution in [2.24, 2.45) is 5.92 Å². The van der Waals surface area contributed by atoms with Crippen molar-refractivity contribution in [2.75, 3.05) is 5.32 Å². The molecule has 0 unspecified atom stereocenters. The third kappa shape index (κ3) is 3.84. The van der Waals surface area contributed by atoms with Crippen LogP contribution in [0.3, 0.4) is 0 Å². The Labute approximate surface area is 145 Å². The molecule has 0 fully saturated rings. The quantitative estimate of drug-likeness (QED) is 0.828. The van der Waals surface area contributed by atoms with Crippen molar-refractivity contribution in [1.29, 1.82) is 0 Å². The molecule has 0 aliphatic carbocycles. The summed E-state index contributed by atoms with van der Waals surface area (Å²) in [5.41, 5.74) is 2.04. The number of aryl methyl sites for hydroxylation is 4. The van der Waals surface area contributed by atoms with Crippen molar-refractivity contribution in [1.82, 2.24) is 10.5 Å². The Morgan fingerprint density at radius 2 is 1.83 bits per heavy atom. The topological polar surface area (TPSA) is 84.2 Å². The molecule has 0 bridgehead atoms. The highest BCUT2D eigenvalue weighted by atomic mass is 32.1. The van der Waals surface area contributed by atoms with Crippen LogP contribution in [-0.2, 0) is 9.59 Å². The van der Waals surface area contributed by atoms with Gasteiger partial charge in [-0.05, 0) is 45.2 Å². The number of anilines is 1. The summed E-state index contributed by atoms with van der Waals surface area (Å²) in [5, 5.41) is 9.17. The van der Waals surface area contributed by atoms with Crippen molar-refractivity contribution in [3.8, 4) is 0 Å². The van der Waals surface area contributed by atoms with Crippen LogP contribution in [0.25, 0.3) is 0 Å². The lowest BCUT2D eigenvalue weighted by atomic mass is 9.96. The highest BCUT2D eigenvalue weighted by molar-refractivity contribution is 7.12. The Bertz CT molecular complexity index is 742. The second-order valence-corrected chi connectivity index (χ2v) is 7.68. The fourth-order valence-corrected chi connectivity index (χ4v) is 3.57. The van der Waals surface area contributed by atoms with Crippen LogP contribution >= 0.6 is 11.3 Å². The molecule has 2 heterocycles. The molecule has 2 amide bonds. The molecular formula is C17H23N3O3S. The van der Waals surface area contributed by atoms with E-state index in [0.717, 1.165) is 10.4 Å². The number of carbonyl (C=O) groups is 2. The molecule has 24 heavy (non-hydrogen) atoms. The predicted octanol–water partition coefficient (Wildman–Crippen LogP) is 3.42. The van der Waals surface area contributed by atoms with Gasteiger partial charge in [0.25, 0.3) is 0 Å². The van der Waals surface area contributed by atoms with Gasteiger partial charge in [-0.15, -0.1) is 11.3 Å². The van der Waals surface area contributed by atoms with Gasteiger partial charge >= 0.3 is 11.8 Å². The molecule has 0 aromatic carbocycles. The number of rotatable bonds is 4. The second-order valence-electron chi connectivity index (χ2n) is 6.22. The number of nitrogens with one attached hydrogen (secondary N) is 2. The molecule has 130 valence electrons. The minimum atomic E-state index is -0.723. The van der Waals surface area contributed by atoms with Crippen LogP contribution in [0.1, 0.15) is 46.7 Å². The number of nitrogens with zero attached hydrogens (tertiary/aromatic N) is 1. The molecule has 2 rings (SSSR count). The monoisotopic (exact) mass is 349 g/mol. The van der Waals surface area contributed by atoms with Gasteiger partial charge < -0.3 is 15.2 Å². The lowest BCUT2D eigenvalue weighted by molar-refractivity contribution is -0.136. The Hall–Kier alpha value is -2.15. The van der Waals surface area contributed by atoms with Crippen molar-refractivity contribution < 1.29 is 14.1 Å². The van der Waals surface area contributed by atoms with E-state index in [-0.39, 0.29) is 12.0 Å². The Morgan fingerprint density at radius 1 is 1.17 bits per heavy atom. The maximum Gasteiger partial charge on any atom is 0.313 e. The summed E-state index contributed by atoms with van der Waals surface area (Å²) in [5.74, 6) is -0.761. The van der Waals surface area contributed by atoms with Crippen LogP contribution in [0.4, 0.5) is 5.69 Å². The van der Waals surface area contributed by atoms with Crippen molar-refractivity contribution in [2.45, 2.75) is 47.6 Å². The van der Waals surface area contributed by atoms with Crippen molar-refractivity contribution in [3.63, 3.8) is 0 Å². The molecular weight excluding hydrogens is 326 g/mol. The van der Waals surface area contributed by atoms with E-state index in [4.69, 9.17) is 4.52 Å². The average molecular weight is 349 g/mol. The van der Waals surface area contributed by atoms with Gasteiger partial charge in [0.1, 0.15) is 11.4 Å². The summed E-state index contributed by atoms with van der Waals surface area (Å²) >= 11 is 1.69. The summed E-state index contributed by atoms with van der Waals surface area (Å²) < 4.78 is 4.99. The first-order valence-corrected chi connectivity index (χ1v) is 8.64. The third-order valence-corrected chi connectivity index (χ3v) is 4.83. The average Bonchev–Trinajstić information content (AvgIpc) is 2.99. The van der Waals surface area contributed by atoms with E-state index in [2.05, 4.69) is 21.9 Å². The number of thiophene rings is 1. The first-order chi connectivity index (χ1) is 11.2. The maximum atomic E-state index is 12.3. The number of hydrogen-bond acceptors (Lipinski definition) is 5. The lowest BCUT2D eigenvalue weighted by Gasteiger charge is -2.22. The molecule has 0 saturated carbocycles. The summed E-state index contributed by atoms with van der Waals surface area (Å²) in [6.07, 6.45) is 0. The van der Waals surface area contributed by atoms with Gasteiger partial charge in [0.2, 0.25) is 0 Å². The fraction of sp³-hybridized carbons (Fsp3) is 0.471. The Kier molecular flexibility index (Phi) is 5.43. The number of hydrogen-bond donors (Lipinski definition) is 2. The highest BCUT2D eigenvalue weighted by Crippen LogP contribution is 2.30. The van der Waals surface area contributed by atoms with Gasteiger partial charge in [-0.25, -0.2) is 0 Å². The fourth-order valence-electron chi connectivity index (χ4n) is 2.60. The van der Waals surface area contributed by atoms with Crippen LogP contribution in [0.15, 0.2) is 10.6 Å². The molecule has 0 spiro atoms.